The van der Waals surface area contributed by atoms with E-state index in [1.807, 2.05) is 13.8 Å². The smallest absolute Gasteiger partial charge is 0.344 e. The van der Waals surface area contributed by atoms with Crippen LogP contribution in [-0.2, 0) is 14.3 Å². The maximum Gasteiger partial charge on any atom is 0.344 e. The van der Waals surface area contributed by atoms with Crippen molar-refractivity contribution in [3.63, 3.8) is 0 Å². The highest BCUT2D eigenvalue weighted by Crippen LogP contribution is 2.13. The largest absolute Gasteiger partial charge is 0.497 e. The van der Waals surface area contributed by atoms with Gasteiger partial charge in [-0.1, -0.05) is 26.0 Å². The molecule has 2 aromatic carbocycles. The SMILES string of the molecule is CCOC(=O)COc1cccc(C=NNC(=O)C(NC(=O)c2ccc(OC)cc2)C(C)C)c1. The summed E-state index contributed by atoms with van der Waals surface area (Å²) in [6.07, 6.45) is 1.44. The lowest BCUT2D eigenvalue weighted by atomic mass is 10.0. The lowest BCUT2D eigenvalue weighted by Gasteiger charge is -2.20. The summed E-state index contributed by atoms with van der Waals surface area (Å²) in [5.41, 5.74) is 3.52. The van der Waals surface area contributed by atoms with Crippen molar-refractivity contribution in [1.29, 1.82) is 0 Å². The molecule has 9 nitrogen and oxygen atoms in total. The van der Waals surface area contributed by atoms with Crippen LogP contribution < -0.4 is 20.2 Å². The van der Waals surface area contributed by atoms with E-state index in [0.29, 0.717) is 22.6 Å². The van der Waals surface area contributed by atoms with Gasteiger partial charge in [-0.15, -0.1) is 0 Å². The van der Waals surface area contributed by atoms with Gasteiger partial charge in [0.2, 0.25) is 0 Å². The second-order valence-corrected chi connectivity index (χ2v) is 7.32. The van der Waals surface area contributed by atoms with Crippen molar-refractivity contribution in [1.82, 2.24) is 10.7 Å². The van der Waals surface area contributed by atoms with E-state index in [0.717, 1.165) is 0 Å². The Kier molecular flexibility index (Phi) is 9.88. The highest BCUT2D eigenvalue weighted by Gasteiger charge is 2.24. The molecule has 0 heterocycles. The van der Waals surface area contributed by atoms with E-state index in [4.69, 9.17) is 14.2 Å². The molecule has 2 aromatic rings. The molecule has 0 aliphatic carbocycles. The predicted octanol–water partition coefficient (Wildman–Crippen LogP) is 2.54. The summed E-state index contributed by atoms with van der Waals surface area (Å²) in [5.74, 6) is -0.346. The van der Waals surface area contributed by atoms with E-state index in [1.54, 1.807) is 62.6 Å². The quantitative estimate of drug-likeness (QED) is 0.306. The Bertz CT molecular complexity index is 972. The Hall–Kier alpha value is -3.88. The first-order valence-electron chi connectivity index (χ1n) is 10.5. The second-order valence-electron chi connectivity index (χ2n) is 7.32. The summed E-state index contributed by atoms with van der Waals surface area (Å²) in [6, 6.07) is 12.7. The lowest BCUT2D eigenvalue weighted by Crippen LogP contribution is -2.48. The third kappa shape index (κ3) is 8.29. The third-order valence-electron chi connectivity index (χ3n) is 4.50. The molecule has 0 aliphatic heterocycles. The average molecular weight is 456 g/mol. The fraction of sp³-hybridized carbons (Fsp3) is 0.333. The molecule has 0 spiro atoms. The first kappa shape index (κ1) is 25.4. The van der Waals surface area contributed by atoms with Crippen molar-refractivity contribution >= 4 is 24.0 Å². The summed E-state index contributed by atoms with van der Waals surface area (Å²) in [6.45, 7) is 5.46. The number of methoxy groups -OCH3 is 1. The monoisotopic (exact) mass is 455 g/mol. The number of carbonyl (C=O) groups excluding carboxylic acids is 3. The van der Waals surface area contributed by atoms with Crippen molar-refractivity contribution < 1.29 is 28.6 Å². The van der Waals surface area contributed by atoms with Gasteiger partial charge in [0.05, 0.1) is 19.9 Å². The van der Waals surface area contributed by atoms with E-state index in [2.05, 4.69) is 15.8 Å². The summed E-state index contributed by atoms with van der Waals surface area (Å²) in [7, 11) is 1.54. The molecule has 0 radical (unpaired) electrons. The Morgan fingerprint density at radius 1 is 1.06 bits per heavy atom. The topological polar surface area (TPSA) is 115 Å². The molecule has 0 aromatic heterocycles. The second kappa shape index (κ2) is 12.8. The zero-order valence-electron chi connectivity index (χ0n) is 19.2. The van der Waals surface area contributed by atoms with Gasteiger partial charge in [-0.05, 0) is 54.8 Å². The molecule has 1 atom stereocenters. The van der Waals surface area contributed by atoms with Crippen LogP contribution in [0.2, 0.25) is 0 Å². The minimum atomic E-state index is -0.781. The van der Waals surface area contributed by atoms with E-state index >= 15 is 0 Å². The van der Waals surface area contributed by atoms with Crippen molar-refractivity contribution in [2.45, 2.75) is 26.8 Å². The number of carbonyl (C=O) groups is 3. The molecule has 0 saturated heterocycles. The van der Waals surface area contributed by atoms with Crippen LogP contribution in [0.5, 0.6) is 11.5 Å². The number of esters is 1. The average Bonchev–Trinajstić information content (AvgIpc) is 2.81. The Labute approximate surface area is 193 Å². The van der Waals surface area contributed by atoms with Gasteiger partial charge < -0.3 is 19.5 Å². The van der Waals surface area contributed by atoms with Crippen LogP contribution >= 0.6 is 0 Å². The Morgan fingerprint density at radius 2 is 1.79 bits per heavy atom. The van der Waals surface area contributed by atoms with Crippen LogP contribution in [0.25, 0.3) is 0 Å². The number of rotatable bonds is 11. The fourth-order valence-electron chi connectivity index (χ4n) is 2.77. The standard InChI is InChI=1S/C24H29N3O6/c1-5-32-21(28)15-33-20-8-6-7-17(13-20)14-25-27-24(30)22(16(2)3)26-23(29)18-9-11-19(31-4)12-10-18/h6-14,16,22H,5,15H2,1-4H3,(H,26,29)(H,27,30). The van der Waals surface area contributed by atoms with E-state index in [-0.39, 0.29) is 25.0 Å². The van der Waals surface area contributed by atoms with Crippen LogP contribution in [0.15, 0.2) is 53.6 Å². The van der Waals surface area contributed by atoms with Crippen LogP contribution in [0.1, 0.15) is 36.7 Å². The van der Waals surface area contributed by atoms with Gasteiger partial charge in [0.25, 0.3) is 11.8 Å². The molecule has 9 heteroatoms. The number of ether oxygens (including phenoxy) is 3. The fourth-order valence-corrected chi connectivity index (χ4v) is 2.77. The number of nitrogens with one attached hydrogen (secondary N) is 2. The highest BCUT2D eigenvalue weighted by atomic mass is 16.6. The van der Waals surface area contributed by atoms with Gasteiger partial charge in [-0.3, -0.25) is 9.59 Å². The molecule has 2 amide bonds. The van der Waals surface area contributed by atoms with Crippen LogP contribution in [-0.4, -0.2) is 50.4 Å². The van der Waals surface area contributed by atoms with Gasteiger partial charge in [-0.2, -0.15) is 5.10 Å². The molecular weight excluding hydrogens is 426 g/mol. The molecule has 1 unspecified atom stereocenters. The summed E-state index contributed by atoms with van der Waals surface area (Å²) < 4.78 is 15.3. The minimum absolute atomic E-state index is 0.165. The normalized spacial score (nSPS) is 11.7. The van der Waals surface area contributed by atoms with E-state index < -0.39 is 17.9 Å². The number of hydrogen-bond donors (Lipinski definition) is 2. The van der Waals surface area contributed by atoms with Crippen LogP contribution in [0, 0.1) is 5.92 Å². The Morgan fingerprint density at radius 3 is 2.42 bits per heavy atom. The lowest BCUT2D eigenvalue weighted by molar-refractivity contribution is -0.145. The van der Waals surface area contributed by atoms with Crippen LogP contribution in [0.3, 0.4) is 0 Å². The molecule has 0 saturated carbocycles. The molecular formula is C24H29N3O6. The van der Waals surface area contributed by atoms with Crippen molar-refractivity contribution in [3.05, 3.63) is 59.7 Å². The van der Waals surface area contributed by atoms with Crippen molar-refractivity contribution in [2.75, 3.05) is 20.3 Å². The number of benzene rings is 2. The van der Waals surface area contributed by atoms with Gasteiger partial charge in [0, 0.05) is 5.56 Å². The number of amides is 2. The first-order chi connectivity index (χ1) is 15.8. The number of hydrogen-bond acceptors (Lipinski definition) is 7. The van der Waals surface area contributed by atoms with Gasteiger partial charge in [0.1, 0.15) is 17.5 Å². The Balaban J connectivity index is 1.95. The predicted molar refractivity (Wildman–Crippen MR) is 123 cm³/mol. The van der Waals surface area contributed by atoms with Gasteiger partial charge in [0.15, 0.2) is 6.61 Å². The molecule has 33 heavy (non-hydrogen) atoms. The molecule has 2 rings (SSSR count). The third-order valence-corrected chi connectivity index (χ3v) is 4.50. The maximum atomic E-state index is 12.6. The first-order valence-corrected chi connectivity index (χ1v) is 10.5. The van der Waals surface area contributed by atoms with Gasteiger partial charge in [-0.25, -0.2) is 10.2 Å². The zero-order chi connectivity index (χ0) is 24.2. The molecule has 0 aliphatic rings. The van der Waals surface area contributed by atoms with E-state index in [1.165, 1.54) is 6.21 Å². The van der Waals surface area contributed by atoms with Gasteiger partial charge >= 0.3 is 5.97 Å². The summed E-state index contributed by atoms with van der Waals surface area (Å²) in [5, 5.41) is 6.71. The summed E-state index contributed by atoms with van der Waals surface area (Å²) in [4.78, 5) is 36.5. The minimum Gasteiger partial charge on any atom is -0.497 e. The maximum absolute atomic E-state index is 12.6. The molecule has 0 bridgehead atoms. The number of hydrazone groups is 1. The van der Waals surface area contributed by atoms with Crippen molar-refractivity contribution in [3.8, 4) is 11.5 Å². The van der Waals surface area contributed by atoms with E-state index in [9.17, 15) is 14.4 Å². The molecule has 0 fully saturated rings. The molecule has 2 N–H and O–H groups in total. The van der Waals surface area contributed by atoms with Crippen molar-refractivity contribution in [2.24, 2.45) is 11.0 Å². The zero-order valence-corrected chi connectivity index (χ0v) is 19.2. The molecule has 176 valence electrons. The number of nitrogens with zero attached hydrogens (tertiary/aromatic N) is 1. The highest BCUT2D eigenvalue weighted by molar-refractivity contribution is 5.97. The summed E-state index contributed by atoms with van der Waals surface area (Å²) >= 11 is 0. The van der Waals surface area contributed by atoms with Crippen LogP contribution in [0.4, 0.5) is 0 Å².